The Morgan fingerprint density at radius 3 is 2.80 bits per heavy atom. The minimum absolute atomic E-state index is 0.0892. The number of carbonyl (C=O) groups is 1. The van der Waals surface area contributed by atoms with Crippen LogP contribution in [0.5, 0.6) is 0 Å². The second kappa shape index (κ2) is 7.29. The van der Waals surface area contributed by atoms with Crippen molar-refractivity contribution in [2.24, 2.45) is 0 Å². The number of oxazole rings is 1. The second-order valence-electron chi connectivity index (χ2n) is 7.95. The third-order valence-electron chi connectivity index (χ3n) is 5.24. The van der Waals surface area contributed by atoms with Gasteiger partial charge in [0.1, 0.15) is 5.52 Å². The number of aromatic nitrogens is 3. The average Bonchev–Trinajstić information content (AvgIpc) is 3.32. The summed E-state index contributed by atoms with van der Waals surface area (Å²) in [6, 6.07) is 13.0. The molecule has 2 heterocycles. The highest BCUT2D eigenvalue weighted by molar-refractivity contribution is 6.30. The van der Waals surface area contributed by atoms with E-state index in [1.807, 2.05) is 56.3 Å². The molecule has 0 atom stereocenters. The first-order valence-electron chi connectivity index (χ1n) is 10.1. The number of halogens is 1. The number of benzene rings is 2. The molecule has 1 aliphatic carbocycles. The van der Waals surface area contributed by atoms with E-state index in [-0.39, 0.29) is 11.8 Å². The molecule has 1 fully saturated rings. The number of amides is 1. The fraction of sp³-hybridized carbons (Fsp3) is 0.261. The number of rotatable bonds is 5. The molecule has 152 valence electrons. The normalized spacial score (nSPS) is 13.9. The lowest BCUT2D eigenvalue weighted by Gasteiger charge is -2.13. The maximum absolute atomic E-state index is 13.1. The zero-order chi connectivity index (χ0) is 20.8. The standard InChI is InChI=1S/C23H21ClN4O2/c1-13(2)21-18(12-25-28(21)17-5-3-4-15(24)10-17)22(29)26-16-8-9-20-19(11-16)27-23(30-20)14-6-7-14/h3-5,8-14H,6-7H2,1-2H3,(H,26,29). The van der Waals surface area contributed by atoms with Crippen molar-refractivity contribution in [1.82, 2.24) is 14.8 Å². The molecular weight excluding hydrogens is 400 g/mol. The molecule has 1 saturated carbocycles. The van der Waals surface area contributed by atoms with Gasteiger partial charge in [0.25, 0.3) is 5.91 Å². The van der Waals surface area contributed by atoms with Gasteiger partial charge in [-0.3, -0.25) is 4.79 Å². The largest absolute Gasteiger partial charge is 0.440 e. The van der Waals surface area contributed by atoms with E-state index in [1.54, 1.807) is 10.9 Å². The first-order valence-corrected chi connectivity index (χ1v) is 10.4. The molecule has 0 spiro atoms. The third-order valence-corrected chi connectivity index (χ3v) is 5.47. The lowest BCUT2D eigenvalue weighted by atomic mass is 10.0. The highest BCUT2D eigenvalue weighted by atomic mass is 35.5. The number of hydrogen-bond acceptors (Lipinski definition) is 4. The molecule has 5 rings (SSSR count). The van der Waals surface area contributed by atoms with Crippen molar-refractivity contribution in [2.45, 2.75) is 38.5 Å². The zero-order valence-corrected chi connectivity index (χ0v) is 17.5. The number of nitrogens with zero attached hydrogens (tertiary/aromatic N) is 3. The fourth-order valence-corrected chi connectivity index (χ4v) is 3.81. The van der Waals surface area contributed by atoms with Gasteiger partial charge in [-0.25, -0.2) is 9.67 Å². The van der Waals surface area contributed by atoms with E-state index in [2.05, 4.69) is 15.4 Å². The first kappa shape index (κ1) is 18.9. The zero-order valence-electron chi connectivity index (χ0n) is 16.7. The van der Waals surface area contributed by atoms with Gasteiger partial charge in [-0.2, -0.15) is 5.10 Å². The Bertz CT molecular complexity index is 1250. The maximum Gasteiger partial charge on any atom is 0.259 e. The second-order valence-corrected chi connectivity index (χ2v) is 8.39. The van der Waals surface area contributed by atoms with Gasteiger partial charge in [-0.1, -0.05) is 31.5 Å². The van der Waals surface area contributed by atoms with Gasteiger partial charge in [0.05, 0.1) is 23.1 Å². The Labute approximate surface area is 178 Å². The Morgan fingerprint density at radius 2 is 2.07 bits per heavy atom. The summed E-state index contributed by atoms with van der Waals surface area (Å²) in [7, 11) is 0. The summed E-state index contributed by atoms with van der Waals surface area (Å²) in [5.74, 6) is 1.11. The van der Waals surface area contributed by atoms with Crippen LogP contribution in [0.3, 0.4) is 0 Å². The van der Waals surface area contributed by atoms with E-state index < -0.39 is 0 Å². The fourth-order valence-electron chi connectivity index (χ4n) is 3.63. The molecule has 1 N–H and O–H groups in total. The van der Waals surface area contributed by atoms with Gasteiger partial charge in [0, 0.05) is 16.6 Å². The van der Waals surface area contributed by atoms with Crippen LogP contribution in [0, 0.1) is 0 Å². The molecule has 0 bridgehead atoms. The van der Waals surface area contributed by atoms with Crippen LogP contribution < -0.4 is 5.32 Å². The van der Waals surface area contributed by atoms with Gasteiger partial charge in [-0.05, 0) is 55.2 Å². The van der Waals surface area contributed by atoms with Crippen LogP contribution in [0.4, 0.5) is 5.69 Å². The van der Waals surface area contributed by atoms with Gasteiger partial charge in [-0.15, -0.1) is 0 Å². The van der Waals surface area contributed by atoms with Crippen molar-refractivity contribution in [3.63, 3.8) is 0 Å². The lowest BCUT2D eigenvalue weighted by molar-refractivity contribution is 0.102. The maximum atomic E-state index is 13.1. The molecule has 6 nitrogen and oxygen atoms in total. The molecule has 0 saturated heterocycles. The predicted molar refractivity (Wildman–Crippen MR) is 117 cm³/mol. The van der Waals surface area contributed by atoms with Crippen molar-refractivity contribution in [1.29, 1.82) is 0 Å². The van der Waals surface area contributed by atoms with Crippen molar-refractivity contribution < 1.29 is 9.21 Å². The molecule has 0 radical (unpaired) electrons. The van der Waals surface area contributed by atoms with Crippen LogP contribution in [0.1, 0.15) is 60.5 Å². The Balaban J connectivity index is 1.45. The first-order chi connectivity index (χ1) is 14.5. The molecule has 2 aromatic carbocycles. The summed E-state index contributed by atoms with van der Waals surface area (Å²) in [5, 5.41) is 8.06. The average molecular weight is 421 g/mol. The Hall–Kier alpha value is -3.12. The van der Waals surface area contributed by atoms with Gasteiger partial charge in [0.2, 0.25) is 0 Å². The van der Waals surface area contributed by atoms with E-state index >= 15 is 0 Å². The highest BCUT2D eigenvalue weighted by Crippen LogP contribution is 2.40. The highest BCUT2D eigenvalue weighted by Gasteiger charge is 2.29. The molecule has 30 heavy (non-hydrogen) atoms. The summed E-state index contributed by atoms with van der Waals surface area (Å²) in [5.41, 5.74) is 4.35. The van der Waals surface area contributed by atoms with Crippen molar-refractivity contribution in [2.75, 3.05) is 5.32 Å². The molecular formula is C23H21ClN4O2. The summed E-state index contributed by atoms with van der Waals surface area (Å²) in [4.78, 5) is 17.6. The van der Waals surface area contributed by atoms with Gasteiger partial charge in [0.15, 0.2) is 11.5 Å². The minimum atomic E-state index is -0.211. The number of anilines is 1. The van der Waals surface area contributed by atoms with Crippen LogP contribution in [0.15, 0.2) is 53.1 Å². The number of nitrogens with one attached hydrogen (secondary N) is 1. The lowest BCUT2D eigenvalue weighted by Crippen LogP contribution is -2.15. The predicted octanol–water partition coefficient (Wildman–Crippen LogP) is 5.92. The number of fused-ring (bicyclic) bond motifs is 1. The summed E-state index contributed by atoms with van der Waals surface area (Å²) in [6.45, 7) is 4.07. The van der Waals surface area contributed by atoms with Crippen molar-refractivity contribution in [3.05, 3.63) is 70.8 Å². The van der Waals surface area contributed by atoms with Crippen LogP contribution in [-0.2, 0) is 0 Å². The monoisotopic (exact) mass is 420 g/mol. The van der Waals surface area contributed by atoms with Crippen LogP contribution in [0.25, 0.3) is 16.8 Å². The topological polar surface area (TPSA) is 73.0 Å². The summed E-state index contributed by atoms with van der Waals surface area (Å²) in [6.07, 6.45) is 3.86. The number of carbonyl (C=O) groups excluding carboxylic acids is 1. The van der Waals surface area contributed by atoms with E-state index in [1.165, 1.54) is 0 Å². The van der Waals surface area contributed by atoms with Crippen molar-refractivity contribution >= 4 is 34.3 Å². The van der Waals surface area contributed by atoms with Crippen LogP contribution in [-0.4, -0.2) is 20.7 Å². The molecule has 0 aliphatic heterocycles. The summed E-state index contributed by atoms with van der Waals surface area (Å²) < 4.78 is 7.57. The molecule has 4 aromatic rings. The van der Waals surface area contributed by atoms with E-state index in [0.717, 1.165) is 41.2 Å². The van der Waals surface area contributed by atoms with E-state index in [9.17, 15) is 4.79 Å². The van der Waals surface area contributed by atoms with Gasteiger partial charge >= 0.3 is 0 Å². The van der Waals surface area contributed by atoms with Crippen LogP contribution >= 0.6 is 11.6 Å². The molecule has 2 aromatic heterocycles. The SMILES string of the molecule is CC(C)c1c(C(=O)Nc2ccc3oc(C4CC4)nc3c2)cnn1-c1cccc(Cl)c1. The molecule has 7 heteroatoms. The number of hydrogen-bond donors (Lipinski definition) is 1. The van der Waals surface area contributed by atoms with Gasteiger partial charge < -0.3 is 9.73 Å². The van der Waals surface area contributed by atoms with E-state index in [4.69, 9.17) is 16.0 Å². The Kier molecular flexibility index (Phi) is 4.59. The Morgan fingerprint density at radius 1 is 1.23 bits per heavy atom. The third kappa shape index (κ3) is 3.48. The smallest absolute Gasteiger partial charge is 0.259 e. The summed E-state index contributed by atoms with van der Waals surface area (Å²) >= 11 is 6.14. The quantitative estimate of drug-likeness (QED) is 0.435. The van der Waals surface area contributed by atoms with E-state index in [0.29, 0.717) is 22.2 Å². The van der Waals surface area contributed by atoms with Crippen molar-refractivity contribution in [3.8, 4) is 5.69 Å². The molecule has 1 amide bonds. The molecule has 1 aliphatic rings. The molecule has 0 unspecified atom stereocenters. The van der Waals surface area contributed by atoms with Crippen LogP contribution in [0.2, 0.25) is 5.02 Å². The minimum Gasteiger partial charge on any atom is -0.440 e.